The van der Waals surface area contributed by atoms with Gasteiger partial charge in [0.2, 0.25) is 0 Å². The molecule has 15 aromatic carbocycles. The van der Waals surface area contributed by atoms with Crippen LogP contribution >= 0.6 is 34.0 Å². The fraction of sp³-hybridized carbons (Fsp3) is 0. The lowest BCUT2D eigenvalue weighted by molar-refractivity contribution is 0.670. The second-order valence-corrected chi connectivity index (χ2v) is 29.9. The fourth-order valence-corrected chi connectivity index (χ4v) is 19.4. The van der Waals surface area contributed by atoms with E-state index in [9.17, 15) is 5.26 Å². The summed E-state index contributed by atoms with van der Waals surface area (Å²) in [6.07, 6.45) is 3.65. The van der Waals surface area contributed by atoms with Crippen molar-refractivity contribution in [2.75, 3.05) is 0 Å². The monoisotopic (exact) mass is 1430 g/mol. The van der Waals surface area contributed by atoms with Crippen molar-refractivity contribution >= 4 is 172 Å². The van der Waals surface area contributed by atoms with E-state index in [1.54, 1.807) is 17.5 Å². The zero-order valence-corrected chi connectivity index (χ0v) is 59.9. The number of rotatable bonds is 7. The molecule has 0 fully saturated rings. The van der Waals surface area contributed by atoms with Crippen molar-refractivity contribution in [2.45, 2.75) is 0 Å². The molecule has 502 valence electrons. The van der Waals surface area contributed by atoms with E-state index in [0.29, 0.717) is 16.9 Å². The first-order valence-corrected chi connectivity index (χ1v) is 37.8. The van der Waals surface area contributed by atoms with Gasteiger partial charge in [-0.05, 0) is 88.5 Å². The molecule has 0 atom stereocenters. The maximum Gasteiger partial charge on any atom is 0.188 e. The average Bonchev–Trinajstić information content (AvgIpc) is 1.59. The number of nitriles is 1. The summed E-state index contributed by atoms with van der Waals surface area (Å²) in [6, 6.07) is 111. The van der Waals surface area contributed by atoms with Crippen LogP contribution in [0.3, 0.4) is 0 Å². The molecule has 7 nitrogen and oxygen atoms in total. The first-order chi connectivity index (χ1) is 53.4. The van der Waals surface area contributed by atoms with Crippen LogP contribution in [0.2, 0.25) is 0 Å². The standard InChI is InChI=1S/C37H21NOS.C31H17NOS.C30H16N2OS/c1-38-26-21-24(20-25(22-26)29-15-9-18-33-30-12-5-6-19-34(30)40-37(29)33)28-14-8-17-32-31-16-7-13-27(35(31)39-36(28)32)23-10-3-2-4-11-23;1-32-20-9-4-8-19(18-20)21-11-5-12-23-24-13-6-14-25(30(24)33-29(21)23)27-16-7-15-26-22-10-2-3-17-28(22)34-31(26)27;31-16-18-12-13-27-26(15-18)25-11-3-10-24(30(25)34-27)23-9-2-8-22-21-7-1-6-20(28(21)33-29(22)23)19-5-4-14-32-17-19/h2-22H;2-18H;1-15,17H. The lowest BCUT2D eigenvalue weighted by Gasteiger charge is -2.09. The molecule has 0 bridgehead atoms. The summed E-state index contributed by atoms with van der Waals surface area (Å²) in [6.45, 7) is 15.3. The maximum atomic E-state index is 9.37. The topological polar surface area (TPSA) is 84.8 Å². The van der Waals surface area contributed by atoms with Crippen molar-refractivity contribution in [2.24, 2.45) is 0 Å². The molecule has 0 amide bonds. The molecule has 0 aliphatic carbocycles. The molecule has 0 spiro atoms. The minimum Gasteiger partial charge on any atom is -0.455 e. The zero-order valence-electron chi connectivity index (χ0n) is 57.4. The van der Waals surface area contributed by atoms with E-state index < -0.39 is 0 Å². The fourth-order valence-electron chi connectivity index (χ4n) is 15.7. The molecule has 10 heteroatoms. The minimum absolute atomic E-state index is 0.615. The normalized spacial score (nSPS) is 11.5. The number of para-hydroxylation sites is 6. The van der Waals surface area contributed by atoms with Gasteiger partial charge in [0.25, 0.3) is 0 Å². The third-order valence-corrected chi connectivity index (χ3v) is 24.3. The molecule has 0 N–H and O–H groups in total. The number of benzene rings is 15. The molecular weight excluding hydrogens is 1380 g/mol. The Morgan fingerprint density at radius 2 is 0.630 bits per heavy atom. The van der Waals surface area contributed by atoms with Gasteiger partial charge in [-0.3, -0.25) is 4.98 Å². The summed E-state index contributed by atoms with van der Waals surface area (Å²) < 4.78 is 27.4. The maximum absolute atomic E-state index is 9.37. The lowest BCUT2D eigenvalue weighted by Crippen LogP contribution is -1.83. The van der Waals surface area contributed by atoms with Crippen LogP contribution in [0.15, 0.2) is 341 Å². The van der Waals surface area contributed by atoms with E-state index in [1.165, 1.54) is 60.7 Å². The van der Waals surface area contributed by atoms with Crippen molar-refractivity contribution in [3.63, 3.8) is 0 Å². The first-order valence-electron chi connectivity index (χ1n) is 35.4. The van der Waals surface area contributed by atoms with Gasteiger partial charge in [0.05, 0.1) is 24.8 Å². The smallest absolute Gasteiger partial charge is 0.188 e. The number of hydrogen-bond acceptors (Lipinski definition) is 8. The van der Waals surface area contributed by atoms with Gasteiger partial charge in [-0.1, -0.05) is 255 Å². The van der Waals surface area contributed by atoms with Gasteiger partial charge in [-0.2, -0.15) is 5.26 Å². The molecule has 0 saturated carbocycles. The molecular formula is C98H54N4O3S3. The highest BCUT2D eigenvalue weighted by atomic mass is 32.1. The van der Waals surface area contributed by atoms with Crippen LogP contribution in [0.25, 0.3) is 214 Å². The Morgan fingerprint density at radius 3 is 1.13 bits per heavy atom. The van der Waals surface area contributed by atoms with Crippen molar-refractivity contribution in [1.29, 1.82) is 5.26 Å². The number of furan rings is 3. The van der Waals surface area contributed by atoms with Crippen LogP contribution in [0, 0.1) is 24.5 Å². The largest absolute Gasteiger partial charge is 0.455 e. The predicted octanol–water partition coefficient (Wildman–Crippen LogP) is 29.9. The number of hydrogen-bond donors (Lipinski definition) is 0. The van der Waals surface area contributed by atoms with Gasteiger partial charge < -0.3 is 13.3 Å². The second-order valence-electron chi connectivity index (χ2n) is 26.7. The molecule has 0 aliphatic rings. The third-order valence-electron chi connectivity index (χ3n) is 20.6. The van der Waals surface area contributed by atoms with Crippen LogP contribution in [-0.2, 0) is 0 Å². The molecule has 0 radical (unpaired) electrons. The van der Waals surface area contributed by atoms with E-state index >= 15 is 0 Å². The highest BCUT2D eigenvalue weighted by Gasteiger charge is 2.23. The predicted molar refractivity (Wildman–Crippen MR) is 453 cm³/mol. The first kappa shape index (κ1) is 63.7. The number of fused-ring (bicyclic) bond motifs is 18. The second kappa shape index (κ2) is 26.3. The Morgan fingerprint density at radius 1 is 0.269 bits per heavy atom. The SMILES string of the molecule is N#Cc1ccc2sc3c(-c4cccc5c4oc4c(-c6cccnc6)cccc45)cccc3c2c1.[C-]#[N+]c1cc(-c2cccc3c2oc2c(-c4ccccc4)cccc23)cc(-c2cccc3c2sc2ccccc23)c1.[C-]#[N+]c1cccc(-c2cccc3c2oc2c(-c4cccc5c4sc4ccccc45)cccc23)c1. The van der Waals surface area contributed by atoms with Gasteiger partial charge in [0.1, 0.15) is 33.5 Å². The minimum atomic E-state index is 0.615. The van der Waals surface area contributed by atoms with Gasteiger partial charge >= 0.3 is 0 Å². The molecule has 7 aromatic heterocycles. The summed E-state index contributed by atoms with van der Waals surface area (Å²) in [5.41, 5.74) is 22.1. The Hall–Kier alpha value is -14.0. The quantitative estimate of drug-likeness (QED) is 0.148. The Labute approximate surface area is 630 Å². The van der Waals surface area contributed by atoms with Crippen LogP contribution in [0.1, 0.15) is 5.56 Å². The van der Waals surface area contributed by atoms with Crippen LogP contribution in [0.5, 0.6) is 0 Å². The molecule has 7 heterocycles. The molecule has 0 saturated heterocycles. The van der Waals surface area contributed by atoms with Gasteiger partial charge in [-0.15, -0.1) is 34.0 Å². The molecule has 22 aromatic rings. The Balaban J connectivity index is 0.000000107. The van der Waals surface area contributed by atoms with Crippen LogP contribution < -0.4 is 0 Å². The number of pyridine rings is 1. The summed E-state index contributed by atoms with van der Waals surface area (Å²) in [5.74, 6) is 0. The molecule has 0 aliphatic heterocycles. The van der Waals surface area contributed by atoms with E-state index in [-0.39, 0.29) is 0 Å². The average molecular weight is 1430 g/mol. The van der Waals surface area contributed by atoms with Gasteiger partial charge in [0, 0.05) is 155 Å². The Bertz CT molecular complexity index is 7560. The number of nitrogens with zero attached hydrogens (tertiary/aromatic N) is 4. The van der Waals surface area contributed by atoms with Crippen molar-refractivity contribution < 1.29 is 13.3 Å². The van der Waals surface area contributed by atoms with E-state index in [1.807, 2.05) is 95.6 Å². The molecule has 0 unspecified atom stereocenters. The van der Waals surface area contributed by atoms with Crippen molar-refractivity contribution in [3.05, 3.63) is 356 Å². The lowest BCUT2D eigenvalue weighted by atomic mass is 9.96. The van der Waals surface area contributed by atoms with E-state index in [2.05, 4.69) is 269 Å². The summed E-state index contributed by atoms with van der Waals surface area (Å²) in [4.78, 5) is 11.8. The zero-order chi connectivity index (χ0) is 71.9. The highest BCUT2D eigenvalue weighted by Crippen LogP contribution is 2.50. The van der Waals surface area contributed by atoms with Crippen molar-refractivity contribution in [1.82, 2.24) is 4.98 Å². The van der Waals surface area contributed by atoms with E-state index in [0.717, 1.165) is 144 Å². The summed E-state index contributed by atoms with van der Waals surface area (Å²) in [7, 11) is 0. The third kappa shape index (κ3) is 10.7. The highest BCUT2D eigenvalue weighted by molar-refractivity contribution is 7.27. The van der Waals surface area contributed by atoms with Gasteiger partial charge in [0.15, 0.2) is 11.4 Å². The Kier molecular flexibility index (Phi) is 15.5. The number of aromatic nitrogens is 1. The van der Waals surface area contributed by atoms with Crippen molar-refractivity contribution in [3.8, 4) is 84.0 Å². The van der Waals surface area contributed by atoms with Gasteiger partial charge in [-0.25, -0.2) is 9.69 Å². The molecule has 108 heavy (non-hydrogen) atoms. The van der Waals surface area contributed by atoms with Crippen LogP contribution in [-0.4, -0.2) is 4.98 Å². The summed E-state index contributed by atoms with van der Waals surface area (Å²) in [5, 5.41) is 23.3. The summed E-state index contributed by atoms with van der Waals surface area (Å²) >= 11 is 5.40. The van der Waals surface area contributed by atoms with E-state index in [4.69, 9.17) is 26.4 Å². The molecule has 22 rings (SSSR count). The number of thiophene rings is 3. The van der Waals surface area contributed by atoms with Crippen LogP contribution in [0.4, 0.5) is 11.4 Å².